The van der Waals surface area contributed by atoms with Gasteiger partial charge in [0.25, 0.3) is 0 Å². The summed E-state index contributed by atoms with van der Waals surface area (Å²) in [5.74, 6) is -0.929. The van der Waals surface area contributed by atoms with Gasteiger partial charge in [0.15, 0.2) is 0 Å². The molecule has 0 heterocycles. The van der Waals surface area contributed by atoms with E-state index in [1.807, 2.05) is 6.07 Å². The maximum atomic E-state index is 14.1. The molecular formula is C16H14ClF2N. The predicted octanol–water partition coefficient (Wildman–Crippen LogP) is 4.54. The minimum Gasteiger partial charge on any atom is -0.310 e. The van der Waals surface area contributed by atoms with E-state index in [4.69, 9.17) is 11.6 Å². The molecule has 1 aliphatic rings. The lowest BCUT2D eigenvalue weighted by Crippen LogP contribution is -2.15. The second-order valence-electron chi connectivity index (χ2n) is 5.09. The van der Waals surface area contributed by atoms with E-state index in [0.29, 0.717) is 17.6 Å². The van der Waals surface area contributed by atoms with Crippen molar-refractivity contribution in [2.24, 2.45) is 0 Å². The Labute approximate surface area is 121 Å². The molecule has 2 aromatic carbocycles. The third kappa shape index (κ3) is 3.00. The number of benzene rings is 2. The van der Waals surface area contributed by atoms with Crippen LogP contribution in [0.2, 0.25) is 5.02 Å². The van der Waals surface area contributed by atoms with Gasteiger partial charge in [-0.15, -0.1) is 0 Å². The zero-order valence-corrected chi connectivity index (χ0v) is 11.6. The Morgan fingerprint density at radius 3 is 2.25 bits per heavy atom. The molecule has 20 heavy (non-hydrogen) atoms. The van der Waals surface area contributed by atoms with Crippen LogP contribution in [-0.4, -0.2) is 6.04 Å². The molecule has 0 radical (unpaired) electrons. The Morgan fingerprint density at radius 2 is 1.65 bits per heavy atom. The van der Waals surface area contributed by atoms with Crippen molar-refractivity contribution in [3.05, 3.63) is 58.6 Å². The van der Waals surface area contributed by atoms with Crippen LogP contribution in [0.15, 0.2) is 36.4 Å². The number of nitrogens with one attached hydrogen (secondary N) is 1. The first-order valence-electron chi connectivity index (χ1n) is 6.61. The van der Waals surface area contributed by atoms with E-state index in [1.54, 1.807) is 12.1 Å². The largest absolute Gasteiger partial charge is 0.310 e. The third-order valence-corrected chi connectivity index (χ3v) is 3.66. The molecule has 0 aliphatic heterocycles. The van der Waals surface area contributed by atoms with Gasteiger partial charge in [0.05, 0.1) is 0 Å². The van der Waals surface area contributed by atoms with Crippen LogP contribution in [0, 0.1) is 11.6 Å². The SMILES string of the molecule is Fc1cc(Cl)ccc1-c1ccc(CNC2CC2)cc1F. The lowest BCUT2D eigenvalue weighted by Gasteiger charge is -2.08. The van der Waals surface area contributed by atoms with Crippen LogP contribution in [0.1, 0.15) is 18.4 Å². The van der Waals surface area contributed by atoms with Crippen molar-refractivity contribution in [2.45, 2.75) is 25.4 Å². The summed E-state index contributed by atoms with van der Waals surface area (Å²) in [5.41, 5.74) is 1.36. The molecular weight excluding hydrogens is 280 g/mol. The quantitative estimate of drug-likeness (QED) is 0.873. The Morgan fingerprint density at radius 1 is 1.00 bits per heavy atom. The maximum absolute atomic E-state index is 14.1. The van der Waals surface area contributed by atoms with Gasteiger partial charge in [-0.3, -0.25) is 0 Å². The fourth-order valence-electron chi connectivity index (χ4n) is 2.14. The Hall–Kier alpha value is -1.45. The van der Waals surface area contributed by atoms with Gasteiger partial charge in [-0.05, 0) is 42.7 Å². The van der Waals surface area contributed by atoms with Gasteiger partial charge in [0.2, 0.25) is 0 Å². The van der Waals surface area contributed by atoms with Crippen molar-refractivity contribution in [1.29, 1.82) is 0 Å². The van der Waals surface area contributed by atoms with Crippen molar-refractivity contribution >= 4 is 11.6 Å². The first kappa shape index (κ1) is 13.5. The summed E-state index contributed by atoms with van der Waals surface area (Å²) in [6.07, 6.45) is 2.38. The molecule has 4 heteroatoms. The smallest absolute Gasteiger partial charge is 0.132 e. The Bertz CT molecular complexity index is 638. The minimum atomic E-state index is -0.514. The summed E-state index contributed by atoms with van der Waals surface area (Å²) < 4.78 is 27.9. The molecule has 1 fully saturated rings. The van der Waals surface area contributed by atoms with E-state index in [-0.39, 0.29) is 11.1 Å². The molecule has 1 saturated carbocycles. The molecule has 0 atom stereocenters. The highest BCUT2D eigenvalue weighted by atomic mass is 35.5. The highest BCUT2D eigenvalue weighted by Crippen LogP contribution is 2.28. The summed E-state index contributed by atoms with van der Waals surface area (Å²) in [5, 5.41) is 3.62. The van der Waals surface area contributed by atoms with Gasteiger partial charge in [-0.25, -0.2) is 8.78 Å². The lowest BCUT2D eigenvalue weighted by molar-refractivity contribution is 0.612. The van der Waals surface area contributed by atoms with Gasteiger partial charge in [0, 0.05) is 28.7 Å². The van der Waals surface area contributed by atoms with E-state index in [1.165, 1.54) is 31.0 Å². The summed E-state index contributed by atoms with van der Waals surface area (Å²) in [4.78, 5) is 0. The lowest BCUT2D eigenvalue weighted by atomic mass is 10.0. The van der Waals surface area contributed by atoms with Gasteiger partial charge in [-0.2, -0.15) is 0 Å². The summed E-state index contributed by atoms with van der Waals surface area (Å²) >= 11 is 5.70. The van der Waals surface area contributed by atoms with E-state index in [9.17, 15) is 8.78 Å². The first-order valence-corrected chi connectivity index (χ1v) is 6.98. The van der Waals surface area contributed by atoms with Crippen LogP contribution in [0.3, 0.4) is 0 Å². The Balaban J connectivity index is 1.85. The predicted molar refractivity (Wildman–Crippen MR) is 76.7 cm³/mol. The van der Waals surface area contributed by atoms with E-state index < -0.39 is 11.6 Å². The number of halogens is 3. The second-order valence-corrected chi connectivity index (χ2v) is 5.53. The molecule has 2 aromatic rings. The van der Waals surface area contributed by atoms with Gasteiger partial charge in [-0.1, -0.05) is 23.7 Å². The van der Waals surface area contributed by atoms with Crippen LogP contribution >= 0.6 is 11.6 Å². The van der Waals surface area contributed by atoms with Crippen molar-refractivity contribution in [1.82, 2.24) is 5.32 Å². The van der Waals surface area contributed by atoms with E-state index in [0.717, 1.165) is 5.56 Å². The topological polar surface area (TPSA) is 12.0 Å². The molecule has 0 bridgehead atoms. The van der Waals surface area contributed by atoms with E-state index in [2.05, 4.69) is 5.32 Å². The zero-order valence-electron chi connectivity index (χ0n) is 10.8. The first-order chi connectivity index (χ1) is 9.63. The zero-order chi connectivity index (χ0) is 14.1. The van der Waals surface area contributed by atoms with Crippen molar-refractivity contribution in [3.8, 4) is 11.1 Å². The average molecular weight is 294 g/mol. The third-order valence-electron chi connectivity index (χ3n) is 3.43. The molecule has 1 nitrogen and oxygen atoms in total. The fourth-order valence-corrected chi connectivity index (χ4v) is 2.30. The number of rotatable bonds is 4. The number of hydrogen-bond donors (Lipinski definition) is 1. The minimum absolute atomic E-state index is 0.230. The van der Waals surface area contributed by atoms with Crippen LogP contribution in [0.5, 0.6) is 0 Å². The molecule has 0 amide bonds. The molecule has 1 aliphatic carbocycles. The molecule has 0 aromatic heterocycles. The fraction of sp³-hybridized carbons (Fsp3) is 0.250. The van der Waals surface area contributed by atoms with Crippen LogP contribution in [0.4, 0.5) is 8.78 Å². The van der Waals surface area contributed by atoms with Crippen LogP contribution in [0.25, 0.3) is 11.1 Å². The van der Waals surface area contributed by atoms with Crippen molar-refractivity contribution in [2.75, 3.05) is 0 Å². The van der Waals surface area contributed by atoms with Gasteiger partial charge < -0.3 is 5.32 Å². The standard InChI is InChI=1S/C16H14ClF2N/c17-11-2-6-14(16(19)8-11)13-5-1-10(7-15(13)18)9-20-12-3-4-12/h1-2,5-8,12,20H,3-4,9H2. The molecule has 0 spiro atoms. The highest BCUT2D eigenvalue weighted by molar-refractivity contribution is 6.30. The van der Waals surface area contributed by atoms with Crippen LogP contribution in [-0.2, 0) is 6.54 Å². The molecule has 3 rings (SSSR count). The Kier molecular flexibility index (Phi) is 3.72. The number of hydrogen-bond acceptors (Lipinski definition) is 1. The van der Waals surface area contributed by atoms with Crippen LogP contribution < -0.4 is 5.32 Å². The van der Waals surface area contributed by atoms with Crippen molar-refractivity contribution in [3.63, 3.8) is 0 Å². The van der Waals surface area contributed by atoms with Gasteiger partial charge >= 0.3 is 0 Å². The normalized spacial score (nSPS) is 14.6. The summed E-state index contributed by atoms with van der Waals surface area (Å²) in [6, 6.07) is 9.72. The molecule has 0 unspecified atom stereocenters. The summed E-state index contributed by atoms with van der Waals surface area (Å²) in [7, 11) is 0. The molecule has 104 valence electrons. The van der Waals surface area contributed by atoms with Gasteiger partial charge in [0.1, 0.15) is 11.6 Å². The second kappa shape index (κ2) is 5.51. The molecule has 1 N–H and O–H groups in total. The average Bonchev–Trinajstić information content (AvgIpc) is 3.22. The molecule has 0 saturated heterocycles. The maximum Gasteiger partial charge on any atom is 0.132 e. The summed E-state index contributed by atoms with van der Waals surface area (Å²) in [6.45, 7) is 0.644. The van der Waals surface area contributed by atoms with Crippen molar-refractivity contribution < 1.29 is 8.78 Å². The monoisotopic (exact) mass is 293 g/mol. The van der Waals surface area contributed by atoms with E-state index >= 15 is 0 Å². The highest BCUT2D eigenvalue weighted by Gasteiger charge is 2.20.